The zero-order valence-corrected chi connectivity index (χ0v) is 13.3. The van der Waals surface area contributed by atoms with Crippen LogP contribution in [0.15, 0.2) is 29.2 Å². The molecular weight excluding hydrogens is 288 g/mol. The fourth-order valence-corrected chi connectivity index (χ4v) is 4.27. The lowest BCUT2D eigenvalue weighted by molar-refractivity contribution is 0.297. The zero-order valence-electron chi connectivity index (χ0n) is 12.5. The summed E-state index contributed by atoms with van der Waals surface area (Å²) < 4.78 is 27.3. The molecule has 21 heavy (non-hydrogen) atoms. The van der Waals surface area contributed by atoms with Crippen molar-refractivity contribution in [1.29, 1.82) is 0 Å². The van der Waals surface area contributed by atoms with Crippen molar-refractivity contribution < 1.29 is 13.5 Å². The van der Waals surface area contributed by atoms with Gasteiger partial charge in [0.2, 0.25) is 10.0 Å². The fraction of sp³-hybridized carbons (Fsp3) is 0.600. The topological polar surface area (TPSA) is 69.6 Å². The molecule has 0 heterocycles. The van der Waals surface area contributed by atoms with Gasteiger partial charge in [-0.25, -0.2) is 13.1 Å². The molecule has 1 aliphatic carbocycles. The van der Waals surface area contributed by atoms with E-state index < -0.39 is 10.0 Å². The third-order valence-corrected chi connectivity index (χ3v) is 5.50. The Kier molecular flexibility index (Phi) is 5.61. The number of anilines is 1. The van der Waals surface area contributed by atoms with Crippen LogP contribution in [-0.4, -0.2) is 39.3 Å². The van der Waals surface area contributed by atoms with E-state index in [-0.39, 0.29) is 6.61 Å². The summed E-state index contributed by atoms with van der Waals surface area (Å²) in [5.41, 5.74) is 0.694. The third-order valence-electron chi connectivity index (χ3n) is 3.90. The van der Waals surface area contributed by atoms with Gasteiger partial charge in [0, 0.05) is 19.1 Å². The summed E-state index contributed by atoms with van der Waals surface area (Å²) in [7, 11) is -3.51. The highest BCUT2D eigenvalue weighted by Gasteiger charge is 2.27. The minimum atomic E-state index is -3.51. The number of hydrogen-bond acceptors (Lipinski definition) is 4. The molecule has 2 N–H and O–H groups in total. The molecule has 0 saturated heterocycles. The van der Waals surface area contributed by atoms with Gasteiger partial charge in [-0.1, -0.05) is 31.9 Å². The Morgan fingerprint density at radius 1 is 1.29 bits per heavy atom. The van der Waals surface area contributed by atoms with Crippen molar-refractivity contribution in [2.75, 3.05) is 24.6 Å². The van der Waals surface area contributed by atoms with Crippen LogP contribution in [0.4, 0.5) is 5.69 Å². The quantitative estimate of drug-likeness (QED) is 0.804. The van der Waals surface area contributed by atoms with E-state index in [9.17, 15) is 13.5 Å². The minimum absolute atomic E-state index is 0.0199. The highest BCUT2D eigenvalue weighted by atomic mass is 32.2. The lowest BCUT2D eigenvalue weighted by atomic mass is 10.1. The first kappa shape index (κ1) is 16.3. The van der Waals surface area contributed by atoms with Crippen molar-refractivity contribution in [1.82, 2.24) is 4.72 Å². The van der Waals surface area contributed by atoms with E-state index in [1.54, 1.807) is 19.1 Å². The van der Waals surface area contributed by atoms with E-state index in [1.807, 2.05) is 12.1 Å². The molecule has 5 nitrogen and oxygen atoms in total. The summed E-state index contributed by atoms with van der Waals surface area (Å²) in [6.07, 6.45) is 4.43. The van der Waals surface area contributed by atoms with E-state index >= 15 is 0 Å². The Balaban J connectivity index is 2.40. The maximum atomic E-state index is 12.4. The SMILES string of the molecule is CCNS(=O)(=O)c1ccccc1N(CCO)C1CCCC1. The Labute approximate surface area is 127 Å². The second-order valence-electron chi connectivity index (χ2n) is 5.32. The van der Waals surface area contributed by atoms with E-state index in [2.05, 4.69) is 9.62 Å². The molecule has 118 valence electrons. The van der Waals surface area contributed by atoms with E-state index in [0.29, 0.717) is 29.7 Å². The smallest absolute Gasteiger partial charge is 0.242 e. The first-order valence-corrected chi connectivity index (χ1v) is 9.04. The van der Waals surface area contributed by atoms with Crippen LogP contribution < -0.4 is 9.62 Å². The van der Waals surface area contributed by atoms with Gasteiger partial charge in [-0.05, 0) is 25.0 Å². The number of rotatable bonds is 7. The summed E-state index contributed by atoms with van der Waals surface area (Å²) in [5, 5.41) is 9.35. The van der Waals surface area contributed by atoms with Crippen LogP contribution in [0.2, 0.25) is 0 Å². The molecule has 0 unspecified atom stereocenters. The van der Waals surface area contributed by atoms with Crippen molar-refractivity contribution in [3.8, 4) is 0 Å². The first-order valence-electron chi connectivity index (χ1n) is 7.56. The van der Waals surface area contributed by atoms with Crippen molar-refractivity contribution in [3.63, 3.8) is 0 Å². The van der Waals surface area contributed by atoms with Crippen LogP contribution in [0.5, 0.6) is 0 Å². The van der Waals surface area contributed by atoms with Gasteiger partial charge < -0.3 is 10.0 Å². The molecule has 0 aliphatic heterocycles. The van der Waals surface area contributed by atoms with Crippen molar-refractivity contribution in [3.05, 3.63) is 24.3 Å². The van der Waals surface area contributed by atoms with Crippen LogP contribution in [0.25, 0.3) is 0 Å². The third kappa shape index (κ3) is 3.75. The predicted molar refractivity (Wildman–Crippen MR) is 84.0 cm³/mol. The van der Waals surface area contributed by atoms with Crippen LogP contribution in [0.1, 0.15) is 32.6 Å². The molecule has 1 saturated carbocycles. The van der Waals surface area contributed by atoms with Crippen molar-refractivity contribution >= 4 is 15.7 Å². The van der Waals surface area contributed by atoms with Gasteiger partial charge in [-0.15, -0.1) is 0 Å². The number of nitrogens with zero attached hydrogens (tertiary/aromatic N) is 1. The summed E-state index contributed by atoms with van der Waals surface area (Å²) in [6.45, 7) is 2.61. The van der Waals surface area contributed by atoms with Gasteiger partial charge >= 0.3 is 0 Å². The standard InChI is InChI=1S/C15H24N2O3S/c1-2-16-21(19,20)15-10-6-5-9-14(15)17(11-12-18)13-7-3-4-8-13/h5-6,9-10,13,16,18H,2-4,7-8,11-12H2,1H3. The monoisotopic (exact) mass is 312 g/mol. The minimum Gasteiger partial charge on any atom is -0.395 e. The Hall–Kier alpha value is -1.11. The number of aliphatic hydroxyl groups excluding tert-OH is 1. The van der Waals surface area contributed by atoms with Crippen molar-refractivity contribution in [2.24, 2.45) is 0 Å². The summed E-state index contributed by atoms with van der Waals surface area (Å²) in [6, 6.07) is 7.36. The Bertz CT molecular complexity index is 554. The van der Waals surface area contributed by atoms with Gasteiger partial charge in [-0.2, -0.15) is 0 Å². The molecule has 0 amide bonds. The van der Waals surface area contributed by atoms with Crippen LogP contribution in [0.3, 0.4) is 0 Å². The number of nitrogens with one attached hydrogen (secondary N) is 1. The highest BCUT2D eigenvalue weighted by Crippen LogP contribution is 2.32. The molecule has 0 radical (unpaired) electrons. The van der Waals surface area contributed by atoms with E-state index in [1.165, 1.54) is 0 Å². The molecule has 1 aromatic carbocycles. The molecule has 0 atom stereocenters. The maximum Gasteiger partial charge on any atom is 0.242 e. The predicted octanol–water partition coefficient (Wildman–Crippen LogP) is 1.73. The number of aliphatic hydroxyl groups is 1. The van der Waals surface area contributed by atoms with Gasteiger partial charge in [-0.3, -0.25) is 0 Å². The lowest BCUT2D eigenvalue weighted by Gasteiger charge is -2.32. The van der Waals surface area contributed by atoms with Crippen LogP contribution in [0, 0.1) is 0 Å². The number of sulfonamides is 1. The number of hydrogen-bond donors (Lipinski definition) is 2. The number of benzene rings is 1. The normalized spacial score (nSPS) is 16.3. The van der Waals surface area contributed by atoms with Crippen molar-refractivity contribution in [2.45, 2.75) is 43.5 Å². The van der Waals surface area contributed by atoms with Gasteiger partial charge in [0.15, 0.2) is 0 Å². The Morgan fingerprint density at radius 2 is 1.95 bits per heavy atom. The summed E-state index contributed by atoms with van der Waals surface area (Å²) in [5.74, 6) is 0. The largest absolute Gasteiger partial charge is 0.395 e. The molecule has 1 fully saturated rings. The fourth-order valence-electron chi connectivity index (χ4n) is 3.01. The number of para-hydroxylation sites is 1. The summed E-state index contributed by atoms with van der Waals surface area (Å²) in [4.78, 5) is 2.35. The zero-order chi connectivity index (χ0) is 15.3. The second kappa shape index (κ2) is 7.24. The Morgan fingerprint density at radius 3 is 2.57 bits per heavy atom. The molecule has 1 aliphatic rings. The van der Waals surface area contributed by atoms with E-state index in [0.717, 1.165) is 25.7 Å². The molecule has 1 aromatic rings. The average molecular weight is 312 g/mol. The van der Waals surface area contributed by atoms with Gasteiger partial charge in [0.25, 0.3) is 0 Å². The highest BCUT2D eigenvalue weighted by molar-refractivity contribution is 7.89. The second-order valence-corrected chi connectivity index (χ2v) is 7.06. The molecule has 6 heteroatoms. The van der Waals surface area contributed by atoms with Gasteiger partial charge in [0.05, 0.1) is 12.3 Å². The molecule has 0 bridgehead atoms. The average Bonchev–Trinajstić information content (AvgIpc) is 2.98. The summed E-state index contributed by atoms with van der Waals surface area (Å²) >= 11 is 0. The maximum absolute atomic E-state index is 12.4. The molecule has 2 rings (SSSR count). The van der Waals surface area contributed by atoms with Crippen LogP contribution >= 0.6 is 0 Å². The lowest BCUT2D eigenvalue weighted by Crippen LogP contribution is -2.37. The molecular formula is C15H24N2O3S. The molecule has 0 aromatic heterocycles. The van der Waals surface area contributed by atoms with E-state index in [4.69, 9.17) is 0 Å². The van der Waals surface area contributed by atoms with Crippen LogP contribution in [-0.2, 0) is 10.0 Å². The first-order chi connectivity index (χ1) is 10.1. The van der Waals surface area contributed by atoms with Gasteiger partial charge in [0.1, 0.15) is 4.90 Å². The molecule has 0 spiro atoms.